The quantitative estimate of drug-likeness (QED) is 0.575. The van der Waals surface area contributed by atoms with Crippen molar-refractivity contribution in [2.45, 2.75) is 0 Å². The van der Waals surface area contributed by atoms with Crippen molar-refractivity contribution in [2.75, 3.05) is 0 Å². The van der Waals surface area contributed by atoms with E-state index >= 15 is 0 Å². The monoisotopic (exact) mass is 135 g/mol. The molecule has 0 amide bonds. The van der Waals surface area contributed by atoms with Crippen LogP contribution in [0.3, 0.4) is 0 Å². The molecular formula is C6H5N3O. The average Bonchev–Trinajstić information content (AvgIpc) is 2.44. The van der Waals surface area contributed by atoms with Crippen molar-refractivity contribution < 1.29 is 4.52 Å². The molecule has 2 aliphatic rings. The zero-order chi connectivity index (χ0) is 6.97. The topological polar surface area (TPSA) is 65.7 Å². The molecule has 2 aliphatic heterocycles. The Kier molecular flexibility index (Phi) is 0.887. The zero-order valence-electron chi connectivity index (χ0n) is 5.09. The molecule has 0 bridgehead atoms. The van der Waals surface area contributed by atoms with Gasteiger partial charge in [0.2, 0.25) is 0 Å². The van der Waals surface area contributed by atoms with E-state index < -0.39 is 0 Å². The molecule has 0 fully saturated rings. The minimum Gasteiger partial charge on any atom is -0.380 e. The summed E-state index contributed by atoms with van der Waals surface area (Å²) in [5, 5.41) is 9.54. The second kappa shape index (κ2) is 1.70. The third kappa shape index (κ3) is 0.500. The Morgan fingerprint density at radius 3 is 3.30 bits per heavy atom. The third-order valence-electron chi connectivity index (χ3n) is 1.36. The summed E-state index contributed by atoms with van der Waals surface area (Å²) >= 11 is 0. The van der Waals surface area contributed by atoms with Crippen LogP contribution in [0.2, 0.25) is 0 Å². The van der Waals surface area contributed by atoms with Gasteiger partial charge in [0.1, 0.15) is 5.69 Å². The molecule has 0 aromatic heterocycles. The highest BCUT2D eigenvalue weighted by Gasteiger charge is 2.11. The Labute approximate surface area is 56.7 Å². The first-order valence-corrected chi connectivity index (χ1v) is 2.83. The number of hydrogen-bond donors (Lipinski definition) is 2. The molecule has 10 heavy (non-hydrogen) atoms. The summed E-state index contributed by atoms with van der Waals surface area (Å²) in [4.78, 5) is 3.88. The molecule has 0 radical (unpaired) electrons. The maximum absolute atomic E-state index is 6.91. The van der Waals surface area contributed by atoms with E-state index in [1.807, 2.05) is 0 Å². The van der Waals surface area contributed by atoms with Crippen molar-refractivity contribution in [1.29, 1.82) is 5.41 Å². The molecule has 0 aromatic carbocycles. The van der Waals surface area contributed by atoms with E-state index in [1.165, 1.54) is 0 Å². The van der Waals surface area contributed by atoms with Gasteiger partial charge in [0.15, 0.2) is 5.76 Å². The van der Waals surface area contributed by atoms with Crippen LogP contribution in [0.15, 0.2) is 16.9 Å². The molecule has 4 nitrogen and oxygen atoms in total. The normalized spacial score (nSPS) is 10.4. The number of aromatic nitrogens is 2. The van der Waals surface area contributed by atoms with Gasteiger partial charge in [-0.25, -0.2) is 5.16 Å². The first kappa shape index (κ1) is 5.22. The van der Waals surface area contributed by atoms with Crippen molar-refractivity contribution in [2.24, 2.45) is 0 Å². The summed E-state index contributed by atoms with van der Waals surface area (Å²) in [6.07, 6.45) is 4.47. The van der Waals surface area contributed by atoms with Gasteiger partial charge in [0, 0.05) is 6.20 Å². The van der Waals surface area contributed by atoms with E-state index in [0.29, 0.717) is 5.76 Å². The van der Waals surface area contributed by atoms with Crippen molar-refractivity contribution in [1.82, 2.24) is 10.1 Å². The third-order valence-corrected chi connectivity index (χ3v) is 1.36. The Balaban J connectivity index is 2.71. The summed E-state index contributed by atoms with van der Waals surface area (Å²) in [6, 6.07) is 0. The van der Waals surface area contributed by atoms with Crippen molar-refractivity contribution in [3.05, 3.63) is 18.2 Å². The van der Waals surface area contributed by atoms with Gasteiger partial charge < -0.3 is 9.93 Å². The smallest absolute Gasteiger partial charge is 0.183 e. The van der Waals surface area contributed by atoms with E-state index in [4.69, 9.17) is 9.93 Å². The lowest BCUT2D eigenvalue weighted by atomic mass is 10.2. The van der Waals surface area contributed by atoms with Crippen LogP contribution in [0, 0.1) is 5.41 Å². The van der Waals surface area contributed by atoms with E-state index in [2.05, 4.69) is 10.1 Å². The Morgan fingerprint density at radius 1 is 1.60 bits per heavy atom. The molecule has 2 rings (SSSR count). The van der Waals surface area contributed by atoms with Crippen molar-refractivity contribution >= 4 is 6.21 Å². The second-order valence-electron chi connectivity index (χ2n) is 1.95. The zero-order valence-corrected chi connectivity index (χ0v) is 5.09. The number of rotatable bonds is 1. The summed E-state index contributed by atoms with van der Waals surface area (Å²) in [7, 11) is 0. The first-order valence-electron chi connectivity index (χ1n) is 2.83. The molecule has 0 spiro atoms. The number of nitrogens with zero attached hydrogens (tertiary/aromatic N) is 1. The number of H-pyrrole nitrogens is 1. The molecule has 0 saturated carbocycles. The Hall–Kier alpha value is -1.58. The fourth-order valence-corrected chi connectivity index (χ4v) is 0.875. The highest BCUT2D eigenvalue weighted by atomic mass is 16.5. The Morgan fingerprint density at radius 2 is 2.50 bits per heavy atom. The summed E-state index contributed by atoms with van der Waals surface area (Å²) in [6.45, 7) is 0. The van der Waals surface area contributed by atoms with E-state index in [9.17, 15) is 0 Å². The molecule has 2 heterocycles. The van der Waals surface area contributed by atoms with Crippen LogP contribution in [0.5, 0.6) is 0 Å². The van der Waals surface area contributed by atoms with Crippen LogP contribution in [0.4, 0.5) is 0 Å². The summed E-state index contributed by atoms with van der Waals surface area (Å²) < 4.78 is 4.90. The highest BCUT2D eigenvalue weighted by Crippen LogP contribution is 2.22. The molecule has 50 valence electrons. The second-order valence-corrected chi connectivity index (χ2v) is 1.95. The van der Waals surface area contributed by atoms with Crippen molar-refractivity contribution in [3.8, 4) is 11.3 Å². The van der Waals surface area contributed by atoms with Crippen molar-refractivity contribution in [3.63, 3.8) is 0 Å². The maximum atomic E-state index is 6.91. The van der Waals surface area contributed by atoms with Crippen LogP contribution in [-0.2, 0) is 0 Å². The van der Waals surface area contributed by atoms with Gasteiger partial charge in [0.05, 0.1) is 18.0 Å². The van der Waals surface area contributed by atoms with Crippen LogP contribution < -0.4 is 0 Å². The molecule has 0 aromatic rings. The molecular weight excluding hydrogens is 130 g/mol. The predicted molar refractivity (Wildman–Crippen MR) is 35.4 cm³/mol. The van der Waals surface area contributed by atoms with Crippen LogP contribution in [0.25, 0.3) is 11.3 Å². The van der Waals surface area contributed by atoms with Gasteiger partial charge in [-0.05, 0) is 0 Å². The molecule has 4 heteroatoms. The maximum Gasteiger partial charge on any atom is 0.183 e. The molecule has 0 saturated heterocycles. The molecule has 0 atom stereocenters. The van der Waals surface area contributed by atoms with Crippen LogP contribution in [0.1, 0.15) is 5.76 Å². The lowest BCUT2D eigenvalue weighted by molar-refractivity contribution is 0.419. The van der Waals surface area contributed by atoms with Gasteiger partial charge in [-0.2, -0.15) is 0 Å². The van der Waals surface area contributed by atoms with Crippen LogP contribution in [-0.4, -0.2) is 16.4 Å². The number of aromatic amines is 1. The largest absolute Gasteiger partial charge is 0.380 e. The van der Waals surface area contributed by atoms with E-state index in [-0.39, 0.29) is 0 Å². The highest BCUT2D eigenvalue weighted by molar-refractivity contribution is 5.84. The Bertz CT molecular complexity index is 322. The lowest BCUT2D eigenvalue weighted by Crippen LogP contribution is -1.73. The SMILES string of the molecule is N=Cc1o[nH]c2cncc1-2. The fourth-order valence-electron chi connectivity index (χ4n) is 0.875. The van der Waals surface area contributed by atoms with E-state index in [0.717, 1.165) is 17.5 Å². The minimum absolute atomic E-state index is 0.521. The predicted octanol–water partition coefficient (Wildman–Crippen LogP) is 1.11. The number of fused-ring (bicyclic) bond motifs is 1. The minimum atomic E-state index is 0.521. The average molecular weight is 135 g/mol. The summed E-state index contributed by atoms with van der Waals surface area (Å²) in [5.41, 5.74) is 1.69. The molecule has 0 aliphatic carbocycles. The molecule has 2 N–H and O–H groups in total. The number of nitrogens with one attached hydrogen (secondary N) is 2. The van der Waals surface area contributed by atoms with Gasteiger partial charge in [-0.1, -0.05) is 0 Å². The fraction of sp³-hybridized carbons (Fsp3) is 0. The molecule has 0 unspecified atom stereocenters. The first-order chi connectivity index (χ1) is 4.92. The van der Waals surface area contributed by atoms with Gasteiger partial charge in [0.25, 0.3) is 0 Å². The summed E-state index contributed by atoms with van der Waals surface area (Å²) in [5.74, 6) is 0.521. The van der Waals surface area contributed by atoms with E-state index in [1.54, 1.807) is 12.4 Å². The number of hydrogen-bond acceptors (Lipinski definition) is 3. The van der Waals surface area contributed by atoms with Gasteiger partial charge in [-0.3, -0.25) is 4.98 Å². The van der Waals surface area contributed by atoms with Crippen LogP contribution >= 0.6 is 0 Å². The standard InChI is InChI=1S/C6H5N3O/c7-1-6-4-2-8-3-5(4)9-10-6/h1-3,7,9H. The lowest BCUT2D eigenvalue weighted by Gasteiger charge is -1.78. The van der Waals surface area contributed by atoms with Gasteiger partial charge in [-0.15, -0.1) is 0 Å². The van der Waals surface area contributed by atoms with Gasteiger partial charge >= 0.3 is 0 Å².